The molecule has 0 radical (unpaired) electrons. The molecule has 3 rings (SSSR count). The minimum absolute atomic E-state index is 0.217. The van der Waals surface area contributed by atoms with Gasteiger partial charge in [0.05, 0.1) is 11.4 Å². The Labute approximate surface area is 170 Å². The average Bonchev–Trinajstić information content (AvgIpc) is 3.05. The van der Waals surface area contributed by atoms with Crippen molar-refractivity contribution in [3.8, 4) is 10.6 Å². The maximum atomic E-state index is 13.6. The molecule has 0 atom stereocenters. The number of amides is 2. The molecule has 0 aliphatic carbocycles. The zero-order chi connectivity index (χ0) is 21.0. The van der Waals surface area contributed by atoms with E-state index >= 15 is 0 Å². The van der Waals surface area contributed by atoms with Crippen molar-refractivity contribution >= 4 is 28.8 Å². The lowest BCUT2D eigenvalue weighted by Crippen LogP contribution is -2.36. The Balaban J connectivity index is 1.55. The number of benzene rings is 2. The maximum absolute atomic E-state index is 13.6. The third-order valence-electron chi connectivity index (χ3n) is 4.21. The van der Waals surface area contributed by atoms with Crippen LogP contribution >= 0.6 is 11.3 Å². The van der Waals surface area contributed by atoms with Crippen LogP contribution in [-0.2, 0) is 16.0 Å². The van der Waals surface area contributed by atoms with Crippen LogP contribution in [0.2, 0.25) is 0 Å². The summed E-state index contributed by atoms with van der Waals surface area (Å²) in [6.07, 6.45) is 0.503. The topological polar surface area (TPSA) is 71.1 Å². The second kappa shape index (κ2) is 8.91. The highest BCUT2D eigenvalue weighted by Crippen LogP contribution is 2.28. The molecule has 5 nitrogen and oxygen atoms in total. The fourth-order valence-corrected chi connectivity index (χ4v) is 3.69. The lowest BCUT2D eigenvalue weighted by atomic mass is 10.2. The van der Waals surface area contributed by atoms with Crippen LogP contribution in [0, 0.1) is 25.5 Å². The molecule has 29 heavy (non-hydrogen) atoms. The Bertz CT molecular complexity index is 1050. The van der Waals surface area contributed by atoms with Gasteiger partial charge in [-0.2, -0.15) is 0 Å². The molecule has 0 bridgehead atoms. The molecule has 0 aliphatic rings. The van der Waals surface area contributed by atoms with Crippen LogP contribution in [0.25, 0.3) is 10.6 Å². The van der Waals surface area contributed by atoms with E-state index in [1.165, 1.54) is 16.9 Å². The molecule has 0 unspecified atom stereocenters. The number of nitrogens with zero attached hydrogens (tertiary/aromatic N) is 1. The summed E-state index contributed by atoms with van der Waals surface area (Å²) in [7, 11) is 0. The summed E-state index contributed by atoms with van der Waals surface area (Å²) in [4.78, 5) is 29.4. The number of carbonyl (C=O) groups is 2. The van der Waals surface area contributed by atoms with Gasteiger partial charge in [-0.15, -0.1) is 11.3 Å². The zero-order valence-electron chi connectivity index (χ0n) is 15.9. The van der Waals surface area contributed by atoms with Gasteiger partial charge in [-0.3, -0.25) is 9.59 Å². The second-order valence-corrected chi connectivity index (χ2v) is 7.56. The first kappa shape index (κ1) is 20.6. The van der Waals surface area contributed by atoms with Crippen LogP contribution < -0.4 is 10.6 Å². The number of halogens is 2. The number of carbonyl (C=O) groups excluding carboxylic acids is 2. The minimum atomic E-state index is -1.06. The Morgan fingerprint density at radius 1 is 1.03 bits per heavy atom. The summed E-state index contributed by atoms with van der Waals surface area (Å²) >= 11 is 1.53. The third-order valence-corrected chi connectivity index (χ3v) is 5.48. The van der Waals surface area contributed by atoms with Crippen molar-refractivity contribution in [2.75, 3.05) is 11.9 Å². The quantitative estimate of drug-likeness (QED) is 0.619. The molecule has 8 heteroatoms. The smallest absolute Gasteiger partial charge is 0.313 e. The van der Waals surface area contributed by atoms with Crippen LogP contribution in [0.5, 0.6) is 0 Å². The number of hydrogen-bond donors (Lipinski definition) is 2. The first-order valence-electron chi connectivity index (χ1n) is 8.91. The number of aromatic nitrogens is 1. The summed E-state index contributed by atoms with van der Waals surface area (Å²) in [5, 5.41) is 5.44. The fourth-order valence-electron chi connectivity index (χ4n) is 2.62. The molecule has 3 aromatic rings. The highest BCUT2D eigenvalue weighted by molar-refractivity contribution is 7.15. The lowest BCUT2D eigenvalue weighted by Gasteiger charge is -2.07. The van der Waals surface area contributed by atoms with Crippen LogP contribution in [0.15, 0.2) is 42.5 Å². The van der Waals surface area contributed by atoms with E-state index in [1.54, 1.807) is 0 Å². The summed E-state index contributed by atoms with van der Waals surface area (Å²) in [5.41, 5.74) is 2.68. The van der Waals surface area contributed by atoms with Crippen molar-refractivity contribution in [1.82, 2.24) is 10.3 Å². The van der Waals surface area contributed by atoms with Crippen LogP contribution in [0.1, 0.15) is 16.1 Å². The molecular formula is C21H19F2N3O2S. The number of nitrogens with one attached hydrogen (secondary N) is 2. The minimum Gasteiger partial charge on any atom is -0.347 e. The van der Waals surface area contributed by atoms with E-state index in [4.69, 9.17) is 0 Å². The molecule has 1 aromatic heterocycles. The average molecular weight is 415 g/mol. The maximum Gasteiger partial charge on any atom is 0.313 e. The summed E-state index contributed by atoms with van der Waals surface area (Å²) in [6, 6.07) is 10.7. The largest absolute Gasteiger partial charge is 0.347 e. The Hall–Kier alpha value is -3.13. The Kier molecular flexibility index (Phi) is 6.33. The van der Waals surface area contributed by atoms with E-state index in [0.717, 1.165) is 39.3 Å². The van der Waals surface area contributed by atoms with Crippen molar-refractivity contribution in [1.29, 1.82) is 0 Å². The van der Waals surface area contributed by atoms with Crippen molar-refractivity contribution < 1.29 is 18.4 Å². The molecule has 0 spiro atoms. The standard InChI is InChI=1S/C21H19F2N3O2S/c1-12-3-5-14(6-4-12)21-25-13(2)18(29-21)9-10-24-19(27)20(28)26-17-11-15(22)7-8-16(17)23/h3-8,11H,9-10H2,1-2H3,(H,24,27)(H,26,28). The molecular weight excluding hydrogens is 396 g/mol. The number of thiazole rings is 1. The van der Waals surface area contributed by atoms with Gasteiger partial charge in [0.2, 0.25) is 0 Å². The zero-order valence-corrected chi connectivity index (χ0v) is 16.7. The molecule has 2 amide bonds. The normalized spacial score (nSPS) is 10.6. The van der Waals surface area contributed by atoms with Crippen molar-refractivity contribution in [3.63, 3.8) is 0 Å². The van der Waals surface area contributed by atoms with Crippen LogP contribution in [-0.4, -0.2) is 23.3 Å². The molecule has 0 saturated heterocycles. The van der Waals surface area contributed by atoms with Crippen molar-refractivity contribution in [2.45, 2.75) is 20.3 Å². The van der Waals surface area contributed by atoms with E-state index in [9.17, 15) is 18.4 Å². The van der Waals surface area contributed by atoms with E-state index in [1.807, 2.05) is 38.1 Å². The number of anilines is 1. The van der Waals surface area contributed by atoms with Crippen molar-refractivity contribution in [3.05, 3.63) is 70.2 Å². The second-order valence-electron chi connectivity index (χ2n) is 6.48. The fraction of sp³-hybridized carbons (Fsp3) is 0.190. The monoisotopic (exact) mass is 415 g/mol. The Morgan fingerprint density at radius 3 is 2.48 bits per heavy atom. The molecule has 150 valence electrons. The van der Waals surface area contributed by atoms with Crippen LogP contribution in [0.4, 0.5) is 14.5 Å². The predicted octanol–water partition coefficient (Wildman–Crippen LogP) is 4.00. The van der Waals surface area contributed by atoms with Crippen LogP contribution in [0.3, 0.4) is 0 Å². The first-order chi connectivity index (χ1) is 13.8. The van der Waals surface area contributed by atoms with Gasteiger partial charge in [0, 0.05) is 29.5 Å². The third kappa shape index (κ3) is 5.23. The number of hydrogen-bond acceptors (Lipinski definition) is 4. The van der Waals surface area contributed by atoms with Gasteiger partial charge in [-0.25, -0.2) is 13.8 Å². The van der Waals surface area contributed by atoms with Gasteiger partial charge in [-0.1, -0.05) is 29.8 Å². The number of aryl methyl sites for hydroxylation is 2. The van der Waals surface area contributed by atoms with Gasteiger partial charge in [-0.05, 0) is 26.0 Å². The summed E-state index contributed by atoms with van der Waals surface area (Å²) in [5.74, 6) is -3.52. The SMILES string of the molecule is Cc1ccc(-c2nc(C)c(CCNC(=O)C(=O)Nc3cc(F)ccc3F)s2)cc1. The van der Waals surface area contributed by atoms with Gasteiger partial charge >= 0.3 is 11.8 Å². The molecule has 0 fully saturated rings. The van der Waals surface area contributed by atoms with Crippen molar-refractivity contribution in [2.24, 2.45) is 0 Å². The predicted molar refractivity (Wildman–Crippen MR) is 109 cm³/mol. The van der Waals surface area contributed by atoms with Gasteiger partial charge < -0.3 is 10.6 Å². The molecule has 2 N–H and O–H groups in total. The molecule has 0 saturated carbocycles. The molecule has 0 aliphatic heterocycles. The first-order valence-corrected chi connectivity index (χ1v) is 9.72. The van der Waals surface area contributed by atoms with E-state index in [0.29, 0.717) is 6.42 Å². The van der Waals surface area contributed by atoms with E-state index in [-0.39, 0.29) is 12.2 Å². The van der Waals surface area contributed by atoms with Gasteiger partial charge in [0.1, 0.15) is 16.6 Å². The van der Waals surface area contributed by atoms with Gasteiger partial charge in [0.25, 0.3) is 0 Å². The highest BCUT2D eigenvalue weighted by atomic mass is 32.1. The summed E-state index contributed by atoms with van der Waals surface area (Å²) in [6.45, 7) is 4.13. The van der Waals surface area contributed by atoms with E-state index in [2.05, 4.69) is 15.6 Å². The molecule has 2 aromatic carbocycles. The number of rotatable bonds is 5. The molecule has 1 heterocycles. The summed E-state index contributed by atoms with van der Waals surface area (Å²) < 4.78 is 26.7. The highest BCUT2D eigenvalue weighted by Gasteiger charge is 2.16. The van der Waals surface area contributed by atoms with Gasteiger partial charge in [0.15, 0.2) is 0 Å². The lowest BCUT2D eigenvalue weighted by molar-refractivity contribution is -0.136. The van der Waals surface area contributed by atoms with E-state index < -0.39 is 23.4 Å². The Morgan fingerprint density at radius 2 is 1.76 bits per heavy atom.